The van der Waals surface area contributed by atoms with Crippen molar-refractivity contribution in [1.29, 1.82) is 0 Å². The van der Waals surface area contributed by atoms with Gasteiger partial charge in [-0.2, -0.15) is 0 Å². The minimum atomic E-state index is -3.63. The molecule has 1 aliphatic heterocycles. The standard InChI is InChI=1S/C14H17ClN2O3S/c15-12-1-3-13(4-2-12)21(19,20)10-14(18)17-9-11-5-7-16-8-6-11/h1-5,16H,6-10H2,(H,17,18). The summed E-state index contributed by atoms with van der Waals surface area (Å²) >= 11 is 5.72. The summed E-state index contributed by atoms with van der Waals surface area (Å²) in [6.45, 7) is 2.07. The van der Waals surface area contributed by atoms with Crippen LogP contribution < -0.4 is 10.6 Å². The summed E-state index contributed by atoms with van der Waals surface area (Å²) < 4.78 is 24.2. The molecule has 0 bridgehead atoms. The molecule has 0 aliphatic carbocycles. The van der Waals surface area contributed by atoms with Crippen molar-refractivity contribution in [1.82, 2.24) is 10.6 Å². The number of carbonyl (C=O) groups is 1. The fourth-order valence-corrected chi connectivity index (χ4v) is 3.28. The number of hydrogen-bond acceptors (Lipinski definition) is 4. The van der Waals surface area contributed by atoms with Crippen LogP contribution in [0.2, 0.25) is 5.02 Å². The Morgan fingerprint density at radius 1 is 1.29 bits per heavy atom. The Morgan fingerprint density at radius 2 is 2.00 bits per heavy atom. The van der Waals surface area contributed by atoms with E-state index in [4.69, 9.17) is 11.6 Å². The van der Waals surface area contributed by atoms with Crippen molar-refractivity contribution in [3.63, 3.8) is 0 Å². The maximum absolute atomic E-state index is 12.1. The van der Waals surface area contributed by atoms with Crippen LogP contribution in [0, 0.1) is 0 Å². The molecule has 0 atom stereocenters. The summed E-state index contributed by atoms with van der Waals surface area (Å²) in [6, 6.07) is 5.79. The maximum Gasteiger partial charge on any atom is 0.235 e. The van der Waals surface area contributed by atoms with E-state index in [1.54, 1.807) is 0 Å². The van der Waals surface area contributed by atoms with Crippen LogP contribution >= 0.6 is 11.6 Å². The van der Waals surface area contributed by atoms with E-state index in [-0.39, 0.29) is 4.90 Å². The van der Waals surface area contributed by atoms with Gasteiger partial charge in [-0.1, -0.05) is 23.3 Å². The predicted molar refractivity (Wildman–Crippen MR) is 82.1 cm³/mol. The number of sulfone groups is 1. The lowest BCUT2D eigenvalue weighted by molar-refractivity contribution is -0.118. The SMILES string of the molecule is O=C(CS(=O)(=O)c1ccc(Cl)cc1)NCC1=CCNCC1. The molecular weight excluding hydrogens is 312 g/mol. The van der Waals surface area contributed by atoms with Crippen LogP contribution in [0.5, 0.6) is 0 Å². The number of carbonyl (C=O) groups excluding carboxylic acids is 1. The Bertz CT molecular complexity index is 639. The topological polar surface area (TPSA) is 75.3 Å². The van der Waals surface area contributed by atoms with E-state index in [0.717, 1.165) is 25.1 Å². The normalized spacial score (nSPS) is 15.4. The Balaban J connectivity index is 1.92. The molecule has 0 saturated heterocycles. The van der Waals surface area contributed by atoms with Crippen LogP contribution in [0.4, 0.5) is 0 Å². The van der Waals surface area contributed by atoms with Crippen LogP contribution in [0.25, 0.3) is 0 Å². The number of amides is 1. The molecule has 7 heteroatoms. The zero-order valence-corrected chi connectivity index (χ0v) is 13.0. The van der Waals surface area contributed by atoms with E-state index < -0.39 is 21.5 Å². The highest BCUT2D eigenvalue weighted by Crippen LogP contribution is 2.15. The van der Waals surface area contributed by atoms with Crippen LogP contribution in [0.3, 0.4) is 0 Å². The summed E-state index contributed by atoms with van der Waals surface area (Å²) in [5.41, 5.74) is 1.12. The fourth-order valence-electron chi connectivity index (χ4n) is 1.99. The molecule has 2 N–H and O–H groups in total. The molecule has 0 unspecified atom stereocenters. The maximum atomic E-state index is 12.1. The average molecular weight is 329 g/mol. The van der Waals surface area contributed by atoms with E-state index in [9.17, 15) is 13.2 Å². The van der Waals surface area contributed by atoms with Crippen molar-refractivity contribution in [2.75, 3.05) is 25.4 Å². The third-order valence-electron chi connectivity index (χ3n) is 3.16. The van der Waals surface area contributed by atoms with Gasteiger partial charge in [0.25, 0.3) is 0 Å². The number of halogens is 1. The number of nitrogens with one attached hydrogen (secondary N) is 2. The van der Waals surface area contributed by atoms with E-state index in [2.05, 4.69) is 10.6 Å². The van der Waals surface area contributed by atoms with Crippen LogP contribution in [0.15, 0.2) is 40.8 Å². The van der Waals surface area contributed by atoms with Crippen molar-refractivity contribution in [3.05, 3.63) is 40.9 Å². The molecule has 0 aromatic heterocycles. The van der Waals surface area contributed by atoms with Gasteiger partial charge in [0.1, 0.15) is 5.75 Å². The lowest BCUT2D eigenvalue weighted by Gasteiger charge is -2.14. The highest BCUT2D eigenvalue weighted by molar-refractivity contribution is 7.92. The summed E-state index contributed by atoms with van der Waals surface area (Å²) in [5.74, 6) is -1.05. The highest BCUT2D eigenvalue weighted by Gasteiger charge is 2.19. The molecule has 1 aromatic rings. The molecule has 0 fully saturated rings. The minimum absolute atomic E-state index is 0.100. The van der Waals surface area contributed by atoms with Gasteiger partial charge in [0.05, 0.1) is 4.90 Å². The monoisotopic (exact) mass is 328 g/mol. The first kappa shape index (κ1) is 16.0. The van der Waals surface area contributed by atoms with Gasteiger partial charge in [0.2, 0.25) is 5.91 Å². The predicted octanol–water partition coefficient (Wildman–Crippen LogP) is 1.15. The zero-order chi connectivity index (χ0) is 15.3. The van der Waals surface area contributed by atoms with Crippen molar-refractivity contribution in [2.24, 2.45) is 0 Å². The van der Waals surface area contributed by atoms with Gasteiger partial charge in [0.15, 0.2) is 9.84 Å². The molecule has 1 heterocycles. The highest BCUT2D eigenvalue weighted by atomic mass is 35.5. The minimum Gasteiger partial charge on any atom is -0.351 e. The van der Waals surface area contributed by atoms with E-state index in [1.807, 2.05) is 6.08 Å². The molecule has 1 aliphatic rings. The van der Waals surface area contributed by atoms with Crippen molar-refractivity contribution < 1.29 is 13.2 Å². The number of rotatable bonds is 5. The smallest absolute Gasteiger partial charge is 0.235 e. The van der Waals surface area contributed by atoms with Gasteiger partial charge in [-0.25, -0.2) is 8.42 Å². The first-order chi connectivity index (χ1) is 9.97. The third kappa shape index (κ3) is 4.84. The van der Waals surface area contributed by atoms with E-state index >= 15 is 0 Å². The summed E-state index contributed by atoms with van der Waals surface area (Å²) in [6.07, 6.45) is 2.88. The third-order valence-corrected chi connectivity index (χ3v) is 5.05. The summed E-state index contributed by atoms with van der Waals surface area (Å²) in [7, 11) is -3.63. The first-order valence-electron chi connectivity index (χ1n) is 6.61. The van der Waals surface area contributed by atoms with Crippen LogP contribution in [-0.4, -0.2) is 39.7 Å². The zero-order valence-electron chi connectivity index (χ0n) is 11.4. The Labute approximate surface area is 129 Å². The first-order valence-corrected chi connectivity index (χ1v) is 8.64. The molecule has 1 aromatic carbocycles. The second kappa shape index (κ2) is 7.06. The Morgan fingerprint density at radius 3 is 2.62 bits per heavy atom. The van der Waals surface area contributed by atoms with Gasteiger partial charge in [-0.15, -0.1) is 0 Å². The van der Waals surface area contributed by atoms with Crippen LogP contribution in [0.1, 0.15) is 6.42 Å². The van der Waals surface area contributed by atoms with Crippen LogP contribution in [-0.2, 0) is 14.6 Å². The molecule has 1 amide bonds. The summed E-state index contributed by atoms with van der Waals surface area (Å²) in [5, 5.41) is 6.28. The lowest BCUT2D eigenvalue weighted by atomic mass is 10.1. The number of hydrogen-bond donors (Lipinski definition) is 2. The van der Waals surface area contributed by atoms with Gasteiger partial charge in [-0.3, -0.25) is 4.79 Å². The van der Waals surface area contributed by atoms with Crippen molar-refractivity contribution >= 4 is 27.3 Å². The quantitative estimate of drug-likeness (QED) is 0.795. The molecule has 0 spiro atoms. The van der Waals surface area contributed by atoms with Gasteiger partial charge in [0, 0.05) is 18.1 Å². The van der Waals surface area contributed by atoms with Crippen molar-refractivity contribution in [3.8, 4) is 0 Å². The average Bonchev–Trinajstić information content (AvgIpc) is 2.46. The second-order valence-electron chi connectivity index (χ2n) is 4.81. The molecule has 114 valence electrons. The van der Waals surface area contributed by atoms with E-state index in [1.165, 1.54) is 24.3 Å². The second-order valence-corrected chi connectivity index (χ2v) is 7.23. The fraction of sp³-hybridized carbons (Fsp3) is 0.357. The molecule has 0 saturated carbocycles. The molecule has 5 nitrogen and oxygen atoms in total. The molecule has 2 rings (SSSR count). The molecule has 21 heavy (non-hydrogen) atoms. The van der Waals surface area contributed by atoms with Gasteiger partial charge < -0.3 is 10.6 Å². The Hall–Kier alpha value is -1.37. The van der Waals surface area contributed by atoms with Gasteiger partial charge in [-0.05, 0) is 37.2 Å². The Kier molecular flexibility index (Phi) is 5.39. The summed E-state index contributed by atoms with van der Waals surface area (Å²) in [4.78, 5) is 11.9. The van der Waals surface area contributed by atoms with Crippen molar-refractivity contribution in [2.45, 2.75) is 11.3 Å². The molecular formula is C14H17ClN2O3S. The number of benzene rings is 1. The largest absolute Gasteiger partial charge is 0.351 e. The van der Waals surface area contributed by atoms with Gasteiger partial charge >= 0.3 is 0 Å². The van der Waals surface area contributed by atoms with E-state index in [0.29, 0.717) is 11.6 Å². The molecule has 0 radical (unpaired) electrons. The lowest BCUT2D eigenvalue weighted by Crippen LogP contribution is -2.33.